The zero-order chi connectivity index (χ0) is 14.5. The fourth-order valence-electron chi connectivity index (χ4n) is 1.91. The van der Waals surface area contributed by atoms with Crippen LogP contribution in [0.3, 0.4) is 0 Å². The Morgan fingerprint density at radius 3 is 2.63 bits per heavy atom. The van der Waals surface area contributed by atoms with Crippen molar-refractivity contribution in [2.75, 3.05) is 40.1 Å². The van der Waals surface area contributed by atoms with Gasteiger partial charge in [0.2, 0.25) is 0 Å². The first-order valence-corrected chi connectivity index (χ1v) is 6.57. The number of hydrogen-bond acceptors (Lipinski definition) is 6. The first kappa shape index (κ1) is 16.4. The molecule has 0 amide bonds. The van der Waals surface area contributed by atoms with Gasteiger partial charge in [-0.2, -0.15) is 0 Å². The summed E-state index contributed by atoms with van der Waals surface area (Å²) < 4.78 is 10.3. The molecule has 1 unspecified atom stereocenters. The second-order valence-corrected chi connectivity index (χ2v) is 6.20. The van der Waals surface area contributed by atoms with Crippen LogP contribution in [0.15, 0.2) is 0 Å². The van der Waals surface area contributed by atoms with Crippen molar-refractivity contribution in [3.63, 3.8) is 0 Å². The van der Waals surface area contributed by atoms with Crippen molar-refractivity contribution in [3.8, 4) is 0 Å². The van der Waals surface area contributed by atoms with Gasteiger partial charge < -0.3 is 20.0 Å². The molecule has 0 aliphatic carbocycles. The van der Waals surface area contributed by atoms with Gasteiger partial charge in [-0.1, -0.05) is 0 Å². The number of hydroxylamine groups is 2. The van der Waals surface area contributed by atoms with Crippen LogP contribution in [0.2, 0.25) is 0 Å². The molecule has 0 aromatic heterocycles. The van der Waals surface area contributed by atoms with E-state index in [9.17, 15) is 4.79 Å². The molecule has 6 nitrogen and oxygen atoms in total. The van der Waals surface area contributed by atoms with E-state index in [1.807, 2.05) is 20.8 Å². The Morgan fingerprint density at radius 2 is 2.11 bits per heavy atom. The van der Waals surface area contributed by atoms with Crippen LogP contribution in [0.25, 0.3) is 0 Å². The number of nitrogens with two attached hydrogens (primary N) is 1. The zero-order valence-electron chi connectivity index (χ0n) is 12.4. The highest BCUT2D eigenvalue weighted by Gasteiger charge is 2.40. The monoisotopic (exact) mass is 274 g/mol. The van der Waals surface area contributed by atoms with E-state index < -0.39 is 5.41 Å². The van der Waals surface area contributed by atoms with Crippen molar-refractivity contribution >= 4 is 5.97 Å². The van der Waals surface area contributed by atoms with Gasteiger partial charge in [0.15, 0.2) is 0 Å². The number of ether oxygens (including phenoxy) is 2. The molecule has 0 aromatic carbocycles. The maximum atomic E-state index is 11.8. The van der Waals surface area contributed by atoms with Crippen molar-refractivity contribution in [1.29, 1.82) is 0 Å². The first-order chi connectivity index (χ1) is 8.83. The van der Waals surface area contributed by atoms with Crippen molar-refractivity contribution in [2.24, 2.45) is 16.6 Å². The summed E-state index contributed by atoms with van der Waals surface area (Å²) >= 11 is 0. The van der Waals surface area contributed by atoms with E-state index in [1.165, 1.54) is 0 Å². The van der Waals surface area contributed by atoms with Gasteiger partial charge in [-0.25, -0.2) is 4.79 Å². The van der Waals surface area contributed by atoms with E-state index in [4.69, 9.17) is 20.0 Å². The lowest BCUT2D eigenvalue weighted by molar-refractivity contribution is -0.197. The molecule has 0 aromatic rings. The Labute approximate surface area is 115 Å². The maximum absolute atomic E-state index is 11.8. The number of methoxy groups -OCH3 is 1. The van der Waals surface area contributed by atoms with Gasteiger partial charge in [-0.15, -0.1) is 5.06 Å². The molecule has 1 aliphatic heterocycles. The summed E-state index contributed by atoms with van der Waals surface area (Å²) in [6.45, 7) is 8.07. The number of carbonyl (C=O) groups excluding carboxylic acids is 1. The van der Waals surface area contributed by atoms with Crippen LogP contribution in [0, 0.1) is 10.8 Å². The Balaban J connectivity index is 2.48. The van der Waals surface area contributed by atoms with E-state index in [0.717, 1.165) is 6.42 Å². The van der Waals surface area contributed by atoms with Gasteiger partial charge in [-0.3, -0.25) is 0 Å². The lowest BCUT2D eigenvalue weighted by Gasteiger charge is -2.27. The Kier molecular flexibility index (Phi) is 5.73. The minimum absolute atomic E-state index is 0.156. The maximum Gasteiger partial charge on any atom is 0.330 e. The highest BCUT2D eigenvalue weighted by molar-refractivity contribution is 5.75. The summed E-state index contributed by atoms with van der Waals surface area (Å²) in [5.74, 6) is -0.224. The number of rotatable bonds is 6. The molecule has 2 N–H and O–H groups in total. The molecule has 1 heterocycles. The normalized spacial score (nSPS) is 24.7. The molecular weight excluding hydrogens is 248 g/mol. The van der Waals surface area contributed by atoms with Gasteiger partial charge in [0.25, 0.3) is 0 Å². The summed E-state index contributed by atoms with van der Waals surface area (Å²) in [4.78, 5) is 17.2. The molecule has 19 heavy (non-hydrogen) atoms. The molecule has 0 bridgehead atoms. The Bertz CT molecular complexity index is 304. The standard InChI is InChI=1S/C13H26N2O4/c1-12(2,3)11(16)19-15-6-5-13(7-14,8-15)9-18-10-17-4/h5-10,14H2,1-4H3. The van der Waals surface area contributed by atoms with Gasteiger partial charge in [0.1, 0.15) is 6.79 Å². The highest BCUT2D eigenvalue weighted by atomic mass is 16.7. The molecular formula is C13H26N2O4. The molecule has 1 fully saturated rings. The molecule has 1 atom stereocenters. The first-order valence-electron chi connectivity index (χ1n) is 6.57. The largest absolute Gasteiger partial charge is 0.367 e. The van der Waals surface area contributed by atoms with Gasteiger partial charge in [0, 0.05) is 32.2 Å². The number of hydrogen-bond donors (Lipinski definition) is 1. The molecule has 1 saturated heterocycles. The van der Waals surface area contributed by atoms with Crippen LogP contribution < -0.4 is 5.73 Å². The SMILES string of the molecule is COCOCC1(CN)CCN(OC(=O)C(C)(C)C)C1. The van der Waals surface area contributed by atoms with Crippen molar-refractivity contribution in [2.45, 2.75) is 27.2 Å². The van der Waals surface area contributed by atoms with Crippen LogP contribution in [0.5, 0.6) is 0 Å². The van der Waals surface area contributed by atoms with E-state index in [-0.39, 0.29) is 18.2 Å². The second kappa shape index (κ2) is 6.65. The van der Waals surface area contributed by atoms with Crippen LogP contribution in [0.1, 0.15) is 27.2 Å². The quantitative estimate of drug-likeness (QED) is 0.569. The lowest BCUT2D eigenvalue weighted by Crippen LogP contribution is -2.40. The minimum atomic E-state index is -0.499. The highest BCUT2D eigenvalue weighted by Crippen LogP contribution is 2.31. The fraction of sp³-hybridized carbons (Fsp3) is 0.923. The zero-order valence-corrected chi connectivity index (χ0v) is 12.4. The molecule has 6 heteroatoms. The van der Waals surface area contributed by atoms with Crippen LogP contribution in [-0.2, 0) is 19.1 Å². The van der Waals surface area contributed by atoms with Crippen LogP contribution in [0.4, 0.5) is 0 Å². The third kappa shape index (κ3) is 4.72. The Morgan fingerprint density at radius 1 is 1.42 bits per heavy atom. The number of nitrogens with zero attached hydrogens (tertiary/aromatic N) is 1. The van der Waals surface area contributed by atoms with Crippen molar-refractivity contribution < 1.29 is 19.1 Å². The fourth-order valence-corrected chi connectivity index (χ4v) is 1.91. The Hall–Kier alpha value is -0.690. The summed E-state index contributed by atoms with van der Waals surface area (Å²) in [7, 11) is 1.58. The minimum Gasteiger partial charge on any atom is -0.367 e. The van der Waals surface area contributed by atoms with Gasteiger partial charge in [0.05, 0.1) is 12.0 Å². The van der Waals surface area contributed by atoms with Crippen LogP contribution in [-0.4, -0.2) is 51.2 Å². The second-order valence-electron chi connectivity index (χ2n) is 6.20. The van der Waals surface area contributed by atoms with E-state index in [0.29, 0.717) is 26.2 Å². The molecule has 1 aliphatic rings. The van der Waals surface area contributed by atoms with Gasteiger partial charge in [-0.05, 0) is 27.2 Å². The van der Waals surface area contributed by atoms with Crippen molar-refractivity contribution in [3.05, 3.63) is 0 Å². The third-order valence-corrected chi connectivity index (χ3v) is 3.27. The molecule has 0 saturated carbocycles. The predicted molar refractivity (Wildman–Crippen MR) is 71.1 cm³/mol. The topological polar surface area (TPSA) is 74.0 Å². The van der Waals surface area contributed by atoms with E-state index in [1.54, 1.807) is 12.2 Å². The molecule has 0 radical (unpaired) electrons. The van der Waals surface area contributed by atoms with E-state index >= 15 is 0 Å². The van der Waals surface area contributed by atoms with E-state index in [2.05, 4.69) is 0 Å². The lowest BCUT2D eigenvalue weighted by atomic mass is 9.88. The summed E-state index contributed by atoms with van der Waals surface area (Å²) in [6.07, 6.45) is 0.852. The van der Waals surface area contributed by atoms with Crippen molar-refractivity contribution in [1.82, 2.24) is 5.06 Å². The smallest absolute Gasteiger partial charge is 0.330 e. The summed E-state index contributed by atoms with van der Waals surface area (Å²) in [5.41, 5.74) is 5.19. The average molecular weight is 274 g/mol. The summed E-state index contributed by atoms with van der Waals surface area (Å²) in [5, 5.41) is 1.69. The average Bonchev–Trinajstić information content (AvgIpc) is 2.72. The molecule has 1 rings (SSSR count). The van der Waals surface area contributed by atoms with Crippen LogP contribution >= 0.6 is 0 Å². The summed E-state index contributed by atoms with van der Waals surface area (Å²) in [6, 6.07) is 0. The van der Waals surface area contributed by atoms with Gasteiger partial charge >= 0.3 is 5.97 Å². The number of carbonyl (C=O) groups is 1. The third-order valence-electron chi connectivity index (χ3n) is 3.27. The molecule has 0 spiro atoms. The molecule has 112 valence electrons. The predicted octanol–water partition coefficient (Wildman–Crippen LogP) is 0.762.